The number of fused-ring (bicyclic) bond motifs is 2. The van der Waals surface area contributed by atoms with Gasteiger partial charge >= 0.3 is 0 Å². The smallest absolute Gasteiger partial charge is 0.145 e. The fourth-order valence-corrected chi connectivity index (χ4v) is 3.64. The minimum atomic E-state index is -0.255. The van der Waals surface area contributed by atoms with E-state index in [2.05, 4.69) is 24.4 Å². The first-order valence-corrected chi connectivity index (χ1v) is 7.54. The van der Waals surface area contributed by atoms with Crippen LogP contribution in [-0.4, -0.2) is 12.6 Å². The molecule has 0 aromatic heterocycles. The van der Waals surface area contributed by atoms with Crippen molar-refractivity contribution in [3.63, 3.8) is 0 Å². The van der Waals surface area contributed by atoms with E-state index < -0.39 is 0 Å². The summed E-state index contributed by atoms with van der Waals surface area (Å²) in [6.07, 6.45) is 7.29. The number of anilines is 1. The molecule has 1 aromatic carbocycles. The molecule has 1 N–H and O–H groups in total. The lowest BCUT2D eigenvalue weighted by molar-refractivity contribution is 0.338. The lowest BCUT2D eigenvalue weighted by Crippen LogP contribution is -2.29. The van der Waals surface area contributed by atoms with Crippen LogP contribution < -0.4 is 10.1 Å². The van der Waals surface area contributed by atoms with Crippen molar-refractivity contribution in [3.8, 4) is 5.75 Å². The lowest BCUT2D eigenvalue weighted by atomic mass is 9.87. The highest BCUT2D eigenvalue weighted by molar-refractivity contribution is 5.57. The standard InChI is InChI=1S/C17H22FNO/c1-3-20-17-10-14(18)6-7-16(17)19-11(2)15-9-12-4-5-13(15)8-12/h4-7,10-13,15,19H,3,8-9H2,1-2H3. The maximum absolute atomic E-state index is 13.3. The zero-order valence-corrected chi connectivity index (χ0v) is 12.1. The van der Waals surface area contributed by atoms with E-state index in [0.29, 0.717) is 30.2 Å². The van der Waals surface area contributed by atoms with E-state index in [-0.39, 0.29) is 5.82 Å². The van der Waals surface area contributed by atoms with Crippen LogP contribution in [0, 0.1) is 23.6 Å². The fraction of sp³-hybridized carbons (Fsp3) is 0.529. The van der Waals surface area contributed by atoms with Gasteiger partial charge in [0.05, 0.1) is 12.3 Å². The number of benzene rings is 1. The van der Waals surface area contributed by atoms with Crippen molar-refractivity contribution in [2.75, 3.05) is 11.9 Å². The normalized spacial score (nSPS) is 28.6. The van der Waals surface area contributed by atoms with Crippen LogP contribution in [0.3, 0.4) is 0 Å². The van der Waals surface area contributed by atoms with Crippen molar-refractivity contribution in [2.45, 2.75) is 32.7 Å². The van der Waals surface area contributed by atoms with Gasteiger partial charge in [-0.15, -0.1) is 0 Å². The molecule has 20 heavy (non-hydrogen) atoms. The summed E-state index contributed by atoms with van der Waals surface area (Å²) in [5.41, 5.74) is 0.896. The Kier molecular flexibility index (Phi) is 3.68. The predicted octanol–water partition coefficient (Wildman–Crippen LogP) is 4.24. The van der Waals surface area contributed by atoms with Crippen molar-refractivity contribution in [3.05, 3.63) is 36.2 Å². The fourth-order valence-electron chi connectivity index (χ4n) is 3.64. The van der Waals surface area contributed by atoms with Gasteiger partial charge in [0.2, 0.25) is 0 Å². The van der Waals surface area contributed by atoms with Gasteiger partial charge in [-0.2, -0.15) is 0 Å². The Balaban J connectivity index is 1.72. The van der Waals surface area contributed by atoms with Crippen molar-refractivity contribution < 1.29 is 9.13 Å². The highest BCUT2D eigenvalue weighted by Gasteiger charge is 2.38. The largest absolute Gasteiger partial charge is 0.492 e. The molecule has 3 heteroatoms. The molecule has 2 nitrogen and oxygen atoms in total. The van der Waals surface area contributed by atoms with E-state index in [4.69, 9.17) is 4.74 Å². The van der Waals surface area contributed by atoms with Gasteiger partial charge < -0.3 is 10.1 Å². The molecule has 0 spiro atoms. The minimum Gasteiger partial charge on any atom is -0.492 e. The number of hydrogen-bond donors (Lipinski definition) is 1. The van der Waals surface area contributed by atoms with Crippen LogP contribution in [0.1, 0.15) is 26.7 Å². The summed E-state index contributed by atoms with van der Waals surface area (Å²) >= 11 is 0. The second-order valence-corrected chi connectivity index (χ2v) is 5.95. The summed E-state index contributed by atoms with van der Waals surface area (Å²) in [6.45, 7) is 4.68. The van der Waals surface area contributed by atoms with Crippen LogP contribution in [0.25, 0.3) is 0 Å². The predicted molar refractivity (Wildman–Crippen MR) is 79.5 cm³/mol. The Labute approximate surface area is 120 Å². The quantitative estimate of drug-likeness (QED) is 0.812. The van der Waals surface area contributed by atoms with Gasteiger partial charge in [-0.05, 0) is 56.6 Å². The van der Waals surface area contributed by atoms with Gasteiger partial charge in [0.25, 0.3) is 0 Å². The average molecular weight is 275 g/mol. The number of halogens is 1. The maximum Gasteiger partial charge on any atom is 0.145 e. The third kappa shape index (κ3) is 2.54. The molecule has 0 aliphatic heterocycles. The monoisotopic (exact) mass is 275 g/mol. The molecule has 2 aliphatic rings. The lowest BCUT2D eigenvalue weighted by Gasteiger charge is -2.27. The number of hydrogen-bond acceptors (Lipinski definition) is 2. The second-order valence-electron chi connectivity index (χ2n) is 5.95. The van der Waals surface area contributed by atoms with E-state index >= 15 is 0 Å². The van der Waals surface area contributed by atoms with Crippen molar-refractivity contribution in [2.24, 2.45) is 17.8 Å². The summed E-state index contributed by atoms with van der Waals surface area (Å²) in [7, 11) is 0. The Bertz CT molecular complexity index is 514. The molecule has 3 rings (SSSR count). The Hall–Kier alpha value is -1.51. The van der Waals surface area contributed by atoms with Crippen molar-refractivity contribution >= 4 is 5.69 Å². The molecule has 1 aromatic rings. The second kappa shape index (κ2) is 5.47. The molecule has 0 heterocycles. The number of ether oxygens (including phenoxy) is 1. The molecule has 1 fully saturated rings. The highest BCUT2D eigenvalue weighted by atomic mass is 19.1. The summed E-state index contributed by atoms with van der Waals surface area (Å²) < 4.78 is 18.8. The van der Waals surface area contributed by atoms with Gasteiger partial charge in [-0.1, -0.05) is 12.2 Å². The Morgan fingerprint density at radius 2 is 2.20 bits per heavy atom. The molecule has 0 amide bonds. The van der Waals surface area contributed by atoms with Crippen LogP contribution in [0.4, 0.5) is 10.1 Å². The topological polar surface area (TPSA) is 21.3 Å². The number of allylic oxidation sites excluding steroid dienone is 2. The molecule has 2 bridgehead atoms. The minimum absolute atomic E-state index is 0.255. The van der Waals surface area contributed by atoms with E-state index in [1.54, 1.807) is 6.07 Å². The molecule has 0 saturated heterocycles. The van der Waals surface area contributed by atoms with E-state index in [1.165, 1.54) is 25.0 Å². The Morgan fingerprint density at radius 1 is 1.35 bits per heavy atom. The molecular weight excluding hydrogens is 253 g/mol. The van der Waals surface area contributed by atoms with Gasteiger partial charge in [-0.25, -0.2) is 4.39 Å². The Morgan fingerprint density at radius 3 is 2.85 bits per heavy atom. The van der Waals surface area contributed by atoms with Crippen molar-refractivity contribution in [1.82, 2.24) is 0 Å². The number of nitrogens with one attached hydrogen (secondary N) is 1. The van der Waals surface area contributed by atoms with E-state index in [9.17, 15) is 4.39 Å². The zero-order chi connectivity index (χ0) is 14.1. The molecule has 108 valence electrons. The summed E-state index contributed by atoms with van der Waals surface area (Å²) in [5, 5.41) is 3.52. The first-order valence-electron chi connectivity index (χ1n) is 7.54. The van der Waals surface area contributed by atoms with E-state index in [0.717, 1.165) is 11.6 Å². The van der Waals surface area contributed by atoms with Gasteiger partial charge in [0.1, 0.15) is 11.6 Å². The van der Waals surface area contributed by atoms with Crippen LogP contribution in [0.5, 0.6) is 5.75 Å². The maximum atomic E-state index is 13.3. The van der Waals surface area contributed by atoms with Gasteiger partial charge in [0.15, 0.2) is 0 Å². The number of rotatable bonds is 5. The SMILES string of the molecule is CCOc1cc(F)ccc1NC(C)C1CC2C=CC1C2. The molecule has 1 saturated carbocycles. The molecule has 4 atom stereocenters. The van der Waals surface area contributed by atoms with Crippen LogP contribution in [0.2, 0.25) is 0 Å². The van der Waals surface area contributed by atoms with Crippen LogP contribution in [0.15, 0.2) is 30.4 Å². The zero-order valence-electron chi connectivity index (χ0n) is 12.1. The summed E-state index contributed by atoms with van der Waals surface area (Å²) in [4.78, 5) is 0. The molecule has 0 radical (unpaired) electrons. The van der Waals surface area contributed by atoms with Gasteiger partial charge in [-0.3, -0.25) is 0 Å². The molecular formula is C17H22FNO. The average Bonchev–Trinajstić information content (AvgIpc) is 3.04. The third-order valence-electron chi connectivity index (χ3n) is 4.60. The molecule has 2 aliphatic carbocycles. The third-order valence-corrected chi connectivity index (χ3v) is 4.60. The van der Waals surface area contributed by atoms with E-state index in [1.807, 2.05) is 6.92 Å². The van der Waals surface area contributed by atoms with Crippen LogP contribution >= 0.6 is 0 Å². The first kappa shape index (κ1) is 13.5. The summed E-state index contributed by atoms with van der Waals surface area (Å²) in [5.74, 6) is 2.50. The summed E-state index contributed by atoms with van der Waals surface area (Å²) in [6, 6.07) is 5.09. The molecule has 4 unspecified atom stereocenters. The first-order chi connectivity index (χ1) is 9.67. The van der Waals surface area contributed by atoms with Gasteiger partial charge in [0, 0.05) is 12.1 Å². The van der Waals surface area contributed by atoms with Crippen LogP contribution in [-0.2, 0) is 0 Å². The highest BCUT2D eigenvalue weighted by Crippen LogP contribution is 2.45. The van der Waals surface area contributed by atoms with Crippen molar-refractivity contribution in [1.29, 1.82) is 0 Å².